The van der Waals surface area contributed by atoms with E-state index in [-0.39, 0.29) is 36.4 Å². The van der Waals surface area contributed by atoms with Gasteiger partial charge in [-0.25, -0.2) is 19.0 Å². The van der Waals surface area contributed by atoms with Crippen LogP contribution in [0.1, 0.15) is 39.5 Å². The number of aliphatic hydroxyl groups excluding tert-OH is 1. The van der Waals surface area contributed by atoms with E-state index in [0.29, 0.717) is 83.0 Å². The Bertz CT molecular complexity index is 2090. The first kappa shape index (κ1) is 36.7. The third-order valence-corrected chi connectivity index (χ3v) is 10.4. The van der Waals surface area contributed by atoms with Gasteiger partial charge in [0.2, 0.25) is 0 Å². The minimum atomic E-state index is -0.739. The molecule has 15 heteroatoms. The standard InChI is InChI=1S/C39H40FN7O6S/c1-23-18-26(40)6-13-31(23)34-33(38(50)52-3)32(43-35(44-34)37-41-14-17-54-37)21-45-15-16-46-28(19-45)20-47(39(46)51)27-7-11-30(12-8-27)53-29-9-4-25(5-10-29)36(49)42-24(2)22-48/h4-14,17-18,24,28,34,48H,15-16,19-22H2,1-3H3,(H,42,49)(H,43,44)/t24?,28?,34-/m0/s1. The monoisotopic (exact) mass is 753 g/mol. The lowest BCUT2D eigenvalue weighted by molar-refractivity contribution is -0.136. The molecule has 280 valence electrons. The summed E-state index contributed by atoms with van der Waals surface area (Å²) in [6.07, 6.45) is 1.69. The van der Waals surface area contributed by atoms with Gasteiger partial charge >= 0.3 is 12.0 Å². The van der Waals surface area contributed by atoms with Crippen molar-refractivity contribution in [3.8, 4) is 11.5 Å². The molecule has 0 radical (unpaired) electrons. The normalized spacial score (nSPS) is 19.2. The molecule has 0 aliphatic carbocycles. The number of fused-ring (bicyclic) bond motifs is 1. The molecule has 3 N–H and O–H groups in total. The second-order valence-corrected chi connectivity index (χ2v) is 14.3. The number of nitrogens with one attached hydrogen (secondary N) is 2. The largest absolute Gasteiger partial charge is 0.466 e. The molecule has 2 saturated heterocycles. The molecular formula is C39H40FN7O6S. The molecule has 13 nitrogen and oxygen atoms in total. The van der Waals surface area contributed by atoms with E-state index in [0.717, 1.165) is 5.69 Å². The van der Waals surface area contributed by atoms with Crippen LogP contribution < -0.4 is 20.3 Å². The fourth-order valence-corrected chi connectivity index (χ4v) is 7.49. The molecule has 3 amide bonds. The number of aliphatic imine (C=N–C) groups is 1. The maximum atomic E-state index is 14.1. The molecule has 0 saturated carbocycles. The molecule has 7 rings (SSSR count). The number of aryl methyl sites for hydroxylation is 1. The van der Waals surface area contributed by atoms with Crippen molar-refractivity contribution >= 4 is 40.8 Å². The Labute approximate surface area is 315 Å². The summed E-state index contributed by atoms with van der Waals surface area (Å²) in [6, 6.07) is 17.2. The van der Waals surface area contributed by atoms with Crippen LogP contribution in [0.25, 0.3) is 0 Å². The van der Waals surface area contributed by atoms with Gasteiger partial charge in [-0.1, -0.05) is 6.07 Å². The number of methoxy groups -OCH3 is 1. The number of thiazole rings is 1. The summed E-state index contributed by atoms with van der Waals surface area (Å²) in [5.41, 5.74) is 3.51. The number of amides is 3. The minimum absolute atomic E-state index is 0.0759. The Kier molecular flexibility index (Phi) is 10.7. The number of rotatable bonds is 11. The van der Waals surface area contributed by atoms with Gasteiger partial charge in [0, 0.05) is 67.3 Å². The second kappa shape index (κ2) is 15.8. The van der Waals surface area contributed by atoms with Gasteiger partial charge in [-0.3, -0.25) is 19.6 Å². The SMILES string of the molecule is COC(=O)C1=C(CN2CCN3C(=O)N(c4ccc(Oc5ccc(C(=O)NC(C)CO)cc5)cc4)CC3C2)NC(c2nccs2)=N[C@H]1c1ccc(F)cc1C. The lowest BCUT2D eigenvalue weighted by Crippen LogP contribution is -2.53. The topological polar surface area (TPSA) is 149 Å². The molecule has 4 heterocycles. The van der Waals surface area contributed by atoms with Crippen molar-refractivity contribution in [2.24, 2.45) is 4.99 Å². The van der Waals surface area contributed by atoms with Crippen LogP contribution in [0.2, 0.25) is 0 Å². The molecule has 1 aromatic heterocycles. The highest BCUT2D eigenvalue weighted by atomic mass is 32.1. The predicted molar refractivity (Wildman–Crippen MR) is 201 cm³/mol. The molecule has 0 bridgehead atoms. The lowest BCUT2D eigenvalue weighted by atomic mass is 9.92. The number of benzene rings is 3. The number of halogens is 1. The maximum Gasteiger partial charge on any atom is 0.338 e. The molecule has 54 heavy (non-hydrogen) atoms. The number of hydrogen-bond donors (Lipinski definition) is 3. The third kappa shape index (κ3) is 7.69. The van der Waals surface area contributed by atoms with Crippen molar-refractivity contribution in [1.29, 1.82) is 0 Å². The quantitative estimate of drug-likeness (QED) is 0.187. The molecular weight excluding hydrogens is 714 g/mol. The van der Waals surface area contributed by atoms with Crippen molar-refractivity contribution in [2.75, 3.05) is 51.3 Å². The van der Waals surface area contributed by atoms with E-state index < -0.39 is 12.0 Å². The molecule has 3 aromatic carbocycles. The van der Waals surface area contributed by atoms with Gasteiger partial charge in [0.25, 0.3) is 5.91 Å². The average molecular weight is 754 g/mol. The fourth-order valence-electron chi connectivity index (χ4n) is 6.90. The van der Waals surface area contributed by atoms with Gasteiger partial charge in [0.05, 0.1) is 25.3 Å². The maximum absolute atomic E-state index is 14.1. The molecule has 3 atom stereocenters. The summed E-state index contributed by atoms with van der Waals surface area (Å²) in [7, 11) is 1.33. The first-order valence-electron chi connectivity index (χ1n) is 17.5. The molecule has 3 aliphatic rings. The summed E-state index contributed by atoms with van der Waals surface area (Å²) >= 11 is 1.42. The van der Waals surface area contributed by atoms with Crippen LogP contribution in [-0.2, 0) is 9.53 Å². The van der Waals surface area contributed by atoms with Crippen molar-refractivity contribution in [1.82, 2.24) is 25.4 Å². The summed E-state index contributed by atoms with van der Waals surface area (Å²) in [5, 5.41) is 17.8. The number of esters is 1. The first-order chi connectivity index (χ1) is 26.1. The fraction of sp³-hybridized carbons (Fsp3) is 0.308. The number of aliphatic hydroxyl groups is 1. The number of aromatic nitrogens is 1. The molecule has 3 aliphatic heterocycles. The lowest BCUT2D eigenvalue weighted by Gasteiger charge is -2.38. The van der Waals surface area contributed by atoms with Crippen molar-refractivity contribution in [3.05, 3.63) is 117 Å². The van der Waals surface area contributed by atoms with Gasteiger partial charge in [0.1, 0.15) is 23.4 Å². The Morgan fingerprint density at radius 1 is 1.07 bits per heavy atom. The highest BCUT2D eigenvalue weighted by molar-refractivity contribution is 7.11. The zero-order valence-corrected chi connectivity index (χ0v) is 30.8. The van der Waals surface area contributed by atoms with E-state index >= 15 is 0 Å². The smallest absolute Gasteiger partial charge is 0.338 e. The highest BCUT2D eigenvalue weighted by Gasteiger charge is 2.42. The van der Waals surface area contributed by atoms with E-state index in [1.807, 2.05) is 22.4 Å². The van der Waals surface area contributed by atoms with Crippen LogP contribution in [0.3, 0.4) is 0 Å². The Balaban J connectivity index is 1.04. The predicted octanol–water partition coefficient (Wildman–Crippen LogP) is 4.64. The zero-order chi connectivity index (χ0) is 37.9. The summed E-state index contributed by atoms with van der Waals surface area (Å²) in [5.74, 6) is 0.450. The number of piperazine rings is 1. The average Bonchev–Trinajstić information content (AvgIpc) is 3.83. The number of amidine groups is 1. The Morgan fingerprint density at radius 3 is 2.48 bits per heavy atom. The molecule has 4 aromatic rings. The van der Waals surface area contributed by atoms with Crippen LogP contribution >= 0.6 is 11.3 Å². The van der Waals surface area contributed by atoms with Crippen LogP contribution in [0.5, 0.6) is 11.5 Å². The van der Waals surface area contributed by atoms with E-state index in [1.165, 1.54) is 30.6 Å². The number of anilines is 1. The number of carbonyl (C=O) groups excluding carboxylic acids is 3. The number of ether oxygens (including phenoxy) is 2. The number of urea groups is 1. The molecule has 2 fully saturated rings. The zero-order valence-electron chi connectivity index (χ0n) is 30.0. The van der Waals surface area contributed by atoms with Crippen molar-refractivity contribution in [3.63, 3.8) is 0 Å². The molecule has 2 unspecified atom stereocenters. The van der Waals surface area contributed by atoms with Gasteiger partial charge in [0.15, 0.2) is 10.8 Å². The number of nitrogens with zero attached hydrogens (tertiary/aromatic N) is 5. The summed E-state index contributed by atoms with van der Waals surface area (Å²) in [4.78, 5) is 54.6. The summed E-state index contributed by atoms with van der Waals surface area (Å²) < 4.78 is 25.4. The van der Waals surface area contributed by atoms with Gasteiger partial charge in [-0.05, 0) is 85.6 Å². The van der Waals surface area contributed by atoms with E-state index in [1.54, 1.807) is 67.4 Å². The number of carbonyl (C=O) groups is 3. The van der Waals surface area contributed by atoms with Crippen molar-refractivity contribution < 1.29 is 33.4 Å². The van der Waals surface area contributed by atoms with Crippen LogP contribution in [0.15, 0.2) is 94.6 Å². The van der Waals surface area contributed by atoms with E-state index in [9.17, 15) is 23.9 Å². The first-order valence-corrected chi connectivity index (χ1v) is 18.4. The minimum Gasteiger partial charge on any atom is -0.466 e. The van der Waals surface area contributed by atoms with Gasteiger partial charge in [-0.2, -0.15) is 0 Å². The van der Waals surface area contributed by atoms with Gasteiger partial charge in [-0.15, -0.1) is 11.3 Å². The Morgan fingerprint density at radius 2 is 1.81 bits per heavy atom. The second-order valence-electron chi connectivity index (χ2n) is 13.4. The Hall–Kier alpha value is -5.64. The van der Waals surface area contributed by atoms with Crippen molar-refractivity contribution in [2.45, 2.75) is 32.0 Å². The van der Waals surface area contributed by atoms with Crippen LogP contribution in [0, 0.1) is 12.7 Å². The van der Waals surface area contributed by atoms with Crippen LogP contribution in [0.4, 0.5) is 14.9 Å². The summed E-state index contributed by atoms with van der Waals surface area (Å²) in [6.45, 7) is 5.86. The molecule has 0 spiro atoms. The van der Waals surface area contributed by atoms with Crippen LogP contribution in [-0.4, -0.2) is 102 Å². The number of hydrogen-bond acceptors (Lipinski definition) is 11. The van der Waals surface area contributed by atoms with Gasteiger partial charge < -0.3 is 30.1 Å². The highest BCUT2D eigenvalue weighted by Crippen LogP contribution is 2.36. The van der Waals surface area contributed by atoms with E-state index in [4.69, 9.17) is 14.5 Å². The van der Waals surface area contributed by atoms with E-state index in [2.05, 4.69) is 20.5 Å². The third-order valence-electron chi connectivity index (χ3n) is 9.66.